The molecule has 0 aliphatic carbocycles. The van der Waals surface area contributed by atoms with Gasteiger partial charge in [-0.25, -0.2) is 0 Å². The summed E-state index contributed by atoms with van der Waals surface area (Å²) < 4.78 is 33.4. The zero-order valence-corrected chi connectivity index (χ0v) is 23.1. The van der Waals surface area contributed by atoms with Crippen LogP contribution in [0.15, 0.2) is 0 Å². The van der Waals surface area contributed by atoms with Gasteiger partial charge >= 0.3 is 0 Å². The Morgan fingerprint density at radius 1 is 0.486 bits per heavy atom. The number of rotatable bonds is 28. The van der Waals surface area contributed by atoms with Crippen molar-refractivity contribution in [2.45, 2.75) is 122 Å². The van der Waals surface area contributed by atoms with Gasteiger partial charge in [-0.15, -0.1) is 0 Å². The molecule has 1 atom stereocenters. The topological polar surface area (TPSA) is 55.4 Å². The van der Waals surface area contributed by atoms with E-state index in [1.807, 2.05) is 0 Å². The molecular weight excluding hydrogens is 444 g/mol. The van der Waals surface area contributed by atoms with Crippen molar-refractivity contribution >= 4 is 0 Å². The van der Waals surface area contributed by atoms with Crippen LogP contribution in [0.5, 0.6) is 0 Å². The molecule has 0 saturated carbocycles. The van der Waals surface area contributed by atoms with E-state index in [0.29, 0.717) is 52.9 Å². The van der Waals surface area contributed by atoms with Crippen molar-refractivity contribution in [1.82, 2.24) is 0 Å². The molecule has 0 aromatic heterocycles. The molecule has 35 heavy (non-hydrogen) atoms. The van der Waals surface area contributed by atoms with Gasteiger partial charge in [0.15, 0.2) is 6.29 Å². The predicted molar refractivity (Wildman–Crippen MR) is 143 cm³/mol. The van der Waals surface area contributed by atoms with Gasteiger partial charge in [0.25, 0.3) is 0 Å². The lowest BCUT2D eigenvalue weighted by molar-refractivity contribution is -0.169. The molecule has 0 aromatic rings. The van der Waals surface area contributed by atoms with Gasteiger partial charge in [0.1, 0.15) is 0 Å². The highest BCUT2D eigenvalue weighted by Crippen LogP contribution is 2.14. The molecule has 0 amide bonds. The Labute approximate surface area is 217 Å². The molecular formula is C29H58O6. The number of hydrogen-bond donors (Lipinski definition) is 0. The van der Waals surface area contributed by atoms with Crippen LogP contribution in [-0.4, -0.2) is 72.4 Å². The fraction of sp³-hybridized carbons (Fsp3) is 1.00. The second-order valence-corrected chi connectivity index (χ2v) is 9.71. The Morgan fingerprint density at radius 2 is 0.914 bits per heavy atom. The van der Waals surface area contributed by atoms with Gasteiger partial charge in [0.2, 0.25) is 0 Å². The molecule has 210 valence electrons. The van der Waals surface area contributed by atoms with Crippen LogP contribution >= 0.6 is 0 Å². The van der Waals surface area contributed by atoms with E-state index in [1.54, 1.807) is 0 Å². The first-order chi connectivity index (χ1) is 17.4. The maximum Gasteiger partial charge on any atom is 0.157 e. The van der Waals surface area contributed by atoms with Crippen LogP contribution in [0.3, 0.4) is 0 Å². The van der Waals surface area contributed by atoms with Gasteiger partial charge in [0, 0.05) is 13.2 Å². The molecule has 0 bridgehead atoms. The van der Waals surface area contributed by atoms with Crippen molar-refractivity contribution in [3.8, 4) is 0 Å². The second-order valence-electron chi connectivity index (χ2n) is 9.71. The zero-order chi connectivity index (χ0) is 24.9. The minimum Gasteiger partial charge on any atom is -0.379 e. The lowest BCUT2D eigenvalue weighted by atomic mass is 10.0. The van der Waals surface area contributed by atoms with Crippen molar-refractivity contribution < 1.29 is 28.4 Å². The first kappa shape index (κ1) is 32.8. The quantitative estimate of drug-likeness (QED) is 0.107. The van der Waals surface area contributed by atoms with Crippen LogP contribution in [0.4, 0.5) is 0 Å². The fourth-order valence-corrected chi connectivity index (χ4v) is 4.24. The van der Waals surface area contributed by atoms with E-state index >= 15 is 0 Å². The third-order valence-electron chi connectivity index (χ3n) is 6.43. The molecule has 1 saturated heterocycles. The highest BCUT2D eigenvalue weighted by Gasteiger charge is 2.13. The summed E-state index contributed by atoms with van der Waals surface area (Å²) in [6.07, 6.45) is 22.7. The smallest absolute Gasteiger partial charge is 0.157 e. The van der Waals surface area contributed by atoms with Gasteiger partial charge in [-0.2, -0.15) is 0 Å². The highest BCUT2D eigenvalue weighted by atomic mass is 16.7. The Morgan fingerprint density at radius 3 is 1.37 bits per heavy atom. The highest BCUT2D eigenvalue weighted by molar-refractivity contribution is 4.54. The summed E-state index contributed by atoms with van der Waals surface area (Å²) in [6.45, 7) is 8.77. The second kappa shape index (κ2) is 28.3. The average molecular weight is 503 g/mol. The molecule has 1 unspecified atom stereocenters. The summed E-state index contributed by atoms with van der Waals surface area (Å²) in [4.78, 5) is 0. The van der Waals surface area contributed by atoms with Crippen LogP contribution < -0.4 is 0 Å². The Hall–Kier alpha value is -0.240. The molecule has 6 heteroatoms. The molecule has 0 radical (unpaired) electrons. The summed E-state index contributed by atoms with van der Waals surface area (Å²) in [5.41, 5.74) is 0. The van der Waals surface area contributed by atoms with Crippen LogP contribution in [0, 0.1) is 0 Å². The summed E-state index contributed by atoms with van der Waals surface area (Å²) in [5, 5.41) is 0. The van der Waals surface area contributed by atoms with Crippen molar-refractivity contribution in [3.05, 3.63) is 0 Å². The summed E-state index contributed by atoms with van der Waals surface area (Å²) >= 11 is 0. The van der Waals surface area contributed by atoms with Gasteiger partial charge in [0.05, 0.1) is 52.9 Å². The largest absolute Gasteiger partial charge is 0.379 e. The monoisotopic (exact) mass is 502 g/mol. The Balaban J connectivity index is 1.61. The summed E-state index contributed by atoms with van der Waals surface area (Å²) in [7, 11) is 0. The fourth-order valence-electron chi connectivity index (χ4n) is 4.24. The van der Waals surface area contributed by atoms with E-state index in [9.17, 15) is 0 Å². The van der Waals surface area contributed by atoms with E-state index in [0.717, 1.165) is 26.1 Å². The lowest BCUT2D eigenvalue weighted by Gasteiger charge is -2.22. The SMILES string of the molecule is CCCCCCCCCCCCCCCCOCCOCCOCCOCCOC1CCCCO1. The lowest BCUT2D eigenvalue weighted by Crippen LogP contribution is -2.24. The molecule has 6 nitrogen and oxygen atoms in total. The third-order valence-corrected chi connectivity index (χ3v) is 6.43. The van der Waals surface area contributed by atoms with Crippen LogP contribution in [-0.2, 0) is 28.4 Å². The van der Waals surface area contributed by atoms with E-state index in [-0.39, 0.29) is 6.29 Å². The van der Waals surface area contributed by atoms with Crippen molar-refractivity contribution in [2.75, 3.05) is 66.1 Å². The van der Waals surface area contributed by atoms with E-state index in [2.05, 4.69) is 6.92 Å². The molecule has 0 aromatic carbocycles. The molecule has 0 N–H and O–H groups in total. The average Bonchev–Trinajstić information content (AvgIpc) is 2.89. The molecule has 0 spiro atoms. The standard InChI is InChI=1S/C29H58O6/c1-2-3-4-5-6-7-8-9-10-11-12-13-14-16-19-30-21-22-31-23-24-32-25-26-33-27-28-35-29-18-15-17-20-34-29/h29H,2-28H2,1H3. The Kier molecular flexibility index (Phi) is 26.5. The minimum atomic E-state index is -0.0380. The van der Waals surface area contributed by atoms with E-state index in [1.165, 1.54) is 96.3 Å². The first-order valence-corrected chi connectivity index (χ1v) is 15.0. The van der Waals surface area contributed by atoms with Gasteiger partial charge in [-0.05, 0) is 25.7 Å². The maximum absolute atomic E-state index is 5.66. The first-order valence-electron chi connectivity index (χ1n) is 15.0. The van der Waals surface area contributed by atoms with Crippen LogP contribution in [0.25, 0.3) is 0 Å². The number of ether oxygens (including phenoxy) is 6. The van der Waals surface area contributed by atoms with E-state index < -0.39 is 0 Å². The molecule has 1 rings (SSSR count). The van der Waals surface area contributed by atoms with Crippen LogP contribution in [0.2, 0.25) is 0 Å². The number of unbranched alkanes of at least 4 members (excludes halogenated alkanes) is 13. The number of hydrogen-bond acceptors (Lipinski definition) is 6. The normalized spacial score (nSPS) is 16.2. The molecule has 1 heterocycles. The van der Waals surface area contributed by atoms with Gasteiger partial charge in [-0.1, -0.05) is 90.4 Å². The summed E-state index contributed by atoms with van der Waals surface area (Å²) in [6, 6.07) is 0. The summed E-state index contributed by atoms with van der Waals surface area (Å²) in [5.74, 6) is 0. The van der Waals surface area contributed by atoms with Gasteiger partial charge in [-0.3, -0.25) is 0 Å². The molecule has 1 aliphatic heterocycles. The molecule has 1 aliphatic rings. The van der Waals surface area contributed by atoms with Crippen LogP contribution in [0.1, 0.15) is 116 Å². The maximum atomic E-state index is 5.66. The van der Waals surface area contributed by atoms with E-state index in [4.69, 9.17) is 28.4 Å². The predicted octanol–water partition coefficient (Wildman–Crippen LogP) is 7.08. The molecule has 1 fully saturated rings. The van der Waals surface area contributed by atoms with Gasteiger partial charge < -0.3 is 28.4 Å². The Bertz CT molecular complexity index is 389. The van der Waals surface area contributed by atoms with Crippen molar-refractivity contribution in [2.24, 2.45) is 0 Å². The zero-order valence-electron chi connectivity index (χ0n) is 23.1. The van der Waals surface area contributed by atoms with Crippen molar-refractivity contribution in [1.29, 1.82) is 0 Å². The minimum absolute atomic E-state index is 0.0380. The third kappa shape index (κ3) is 25.2. The van der Waals surface area contributed by atoms with Crippen molar-refractivity contribution in [3.63, 3.8) is 0 Å².